The molecule has 0 aliphatic carbocycles. The Bertz CT molecular complexity index is 373. The summed E-state index contributed by atoms with van der Waals surface area (Å²) in [5.41, 5.74) is 7.89. The lowest BCUT2D eigenvalue weighted by Crippen LogP contribution is -2.30. The van der Waals surface area contributed by atoms with E-state index in [9.17, 15) is 0 Å². The van der Waals surface area contributed by atoms with Crippen LogP contribution in [0.3, 0.4) is 0 Å². The summed E-state index contributed by atoms with van der Waals surface area (Å²) in [5, 5.41) is 3.44. The molecule has 100 valence electrons. The SMILES string of the molecule is Nc1cc(I)ccc1NCCN1CCCCCC1. The van der Waals surface area contributed by atoms with Crippen molar-refractivity contribution < 1.29 is 0 Å². The van der Waals surface area contributed by atoms with Gasteiger partial charge in [-0.25, -0.2) is 0 Å². The Labute approximate surface area is 123 Å². The molecule has 1 aromatic rings. The molecule has 1 saturated heterocycles. The maximum Gasteiger partial charge on any atom is 0.0575 e. The van der Waals surface area contributed by atoms with E-state index < -0.39 is 0 Å². The highest BCUT2D eigenvalue weighted by molar-refractivity contribution is 14.1. The predicted molar refractivity (Wildman–Crippen MR) is 87.0 cm³/mol. The number of hydrogen-bond donors (Lipinski definition) is 2. The largest absolute Gasteiger partial charge is 0.397 e. The van der Waals surface area contributed by atoms with Crippen LogP contribution >= 0.6 is 22.6 Å². The Morgan fingerprint density at radius 1 is 1.17 bits per heavy atom. The van der Waals surface area contributed by atoms with Gasteiger partial charge in [-0.2, -0.15) is 0 Å². The average Bonchev–Trinajstić information content (AvgIpc) is 2.60. The summed E-state index contributed by atoms with van der Waals surface area (Å²) < 4.78 is 1.18. The molecule has 18 heavy (non-hydrogen) atoms. The van der Waals surface area contributed by atoms with Gasteiger partial charge >= 0.3 is 0 Å². The number of nitrogen functional groups attached to an aromatic ring is 1. The van der Waals surface area contributed by atoms with Crippen LogP contribution < -0.4 is 11.1 Å². The summed E-state index contributed by atoms with van der Waals surface area (Å²) in [5.74, 6) is 0. The maximum atomic E-state index is 5.98. The van der Waals surface area contributed by atoms with Crippen molar-refractivity contribution in [2.45, 2.75) is 25.7 Å². The monoisotopic (exact) mass is 359 g/mol. The molecule has 3 nitrogen and oxygen atoms in total. The molecule has 0 amide bonds. The Kier molecular flexibility index (Phi) is 5.56. The second-order valence-electron chi connectivity index (χ2n) is 4.91. The molecular formula is C14H22IN3. The van der Waals surface area contributed by atoms with Gasteiger partial charge in [0, 0.05) is 16.7 Å². The molecule has 1 fully saturated rings. The smallest absolute Gasteiger partial charge is 0.0575 e. The molecule has 4 heteroatoms. The fourth-order valence-corrected chi connectivity index (χ4v) is 2.92. The van der Waals surface area contributed by atoms with Crippen LogP contribution in [0.1, 0.15) is 25.7 Å². The molecule has 1 heterocycles. The van der Waals surface area contributed by atoms with Gasteiger partial charge in [0.1, 0.15) is 0 Å². The molecule has 1 aliphatic heterocycles. The molecule has 0 atom stereocenters. The first kappa shape index (κ1) is 13.9. The number of nitrogens with zero attached hydrogens (tertiary/aromatic N) is 1. The first-order valence-corrected chi connectivity index (χ1v) is 7.85. The van der Waals surface area contributed by atoms with E-state index in [2.05, 4.69) is 44.9 Å². The highest BCUT2D eigenvalue weighted by Crippen LogP contribution is 2.20. The number of nitrogens with two attached hydrogens (primary N) is 1. The molecule has 0 aromatic heterocycles. The van der Waals surface area contributed by atoms with E-state index in [1.807, 2.05) is 6.07 Å². The fraction of sp³-hybridized carbons (Fsp3) is 0.571. The molecule has 2 rings (SSSR count). The lowest BCUT2D eigenvalue weighted by Gasteiger charge is -2.20. The topological polar surface area (TPSA) is 41.3 Å². The van der Waals surface area contributed by atoms with Crippen LogP contribution in [0.2, 0.25) is 0 Å². The summed E-state index contributed by atoms with van der Waals surface area (Å²) in [6, 6.07) is 6.17. The van der Waals surface area contributed by atoms with Gasteiger partial charge in [-0.15, -0.1) is 0 Å². The van der Waals surface area contributed by atoms with Crippen LogP contribution in [0.5, 0.6) is 0 Å². The maximum absolute atomic E-state index is 5.98. The van der Waals surface area contributed by atoms with Crippen LogP contribution in [-0.2, 0) is 0 Å². The predicted octanol–water partition coefficient (Wildman–Crippen LogP) is 3.16. The van der Waals surface area contributed by atoms with Crippen molar-refractivity contribution >= 4 is 34.0 Å². The number of halogens is 1. The number of anilines is 2. The molecular weight excluding hydrogens is 337 g/mol. The lowest BCUT2D eigenvalue weighted by atomic mass is 10.2. The van der Waals surface area contributed by atoms with Crippen LogP contribution in [0.25, 0.3) is 0 Å². The third-order valence-electron chi connectivity index (χ3n) is 3.46. The van der Waals surface area contributed by atoms with E-state index in [0.29, 0.717) is 0 Å². The van der Waals surface area contributed by atoms with E-state index >= 15 is 0 Å². The molecule has 0 saturated carbocycles. The minimum absolute atomic E-state index is 0.845. The van der Waals surface area contributed by atoms with Gasteiger partial charge in [-0.05, 0) is 66.7 Å². The first-order chi connectivity index (χ1) is 8.75. The van der Waals surface area contributed by atoms with Gasteiger partial charge < -0.3 is 16.0 Å². The summed E-state index contributed by atoms with van der Waals surface area (Å²) >= 11 is 2.28. The van der Waals surface area contributed by atoms with Crippen LogP contribution in [0.4, 0.5) is 11.4 Å². The highest BCUT2D eigenvalue weighted by Gasteiger charge is 2.08. The Balaban J connectivity index is 1.77. The third-order valence-corrected chi connectivity index (χ3v) is 4.13. The van der Waals surface area contributed by atoms with E-state index in [-0.39, 0.29) is 0 Å². The zero-order valence-corrected chi connectivity index (χ0v) is 12.9. The van der Waals surface area contributed by atoms with E-state index in [0.717, 1.165) is 24.5 Å². The van der Waals surface area contributed by atoms with Gasteiger partial charge in [0.2, 0.25) is 0 Å². The van der Waals surface area contributed by atoms with Crippen molar-refractivity contribution in [3.05, 3.63) is 21.8 Å². The van der Waals surface area contributed by atoms with Crippen molar-refractivity contribution in [2.75, 3.05) is 37.2 Å². The number of hydrogen-bond acceptors (Lipinski definition) is 3. The van der Waals surface area contributed by atoms with Crippen molar-refractivity contribution in [1.29, 1.82) is 0 Å². The summed E-state index contributed by atoms with van der Waals surface area (Å²) in [6.45, 7) is 4.60. The molecule has 1 aliphatic rings. The summed E-state index contributed by atoms with van der Waals surface area (Å²) in [7, 11) is 0. The van der Waals surface area contributed by atoms with Crippen molar-refractivity contribution in [3.63, 3.8) is 0 Å². The van der Waals surface area contributed by atoms with Crippen molar-refractivity contribution in [3.8, 4) is 0 Å². The van der Waals surface area contributed by atoms with Gasteiger partial charge in [-0.1, -0.05) is 12.8 Å². The molecule has 0 bridgehead atoms. The zero-order valence-electron chi connectivity index (χ0n) is 10.8. The van der Waals surface area contributed by atoms with E-state index in [4.69, 9.17) is 5.73 Å². The summed E-state index contributed by atoms with van der Waals surface area (Å²) in [4.78, 5) is 2.56. The molecule has 1 aromatic carbocycles. The first-order valence-electron chi connectivity index (χ1n) is 6.77. The molecule has 3 N–H and O–H groups in total. The second-order valence-corrected chi connectivity index (χ2v) is 6.16. The van der Waals surface area contributed by atoms with Crippen LogP contribution in [0, 0.1) is 3.57 Å². The number of nitrogens with one attached hydrogen (secondary N) is 1. The Morgan fingerprint density at radius 3 is 2.56 bits per heavy atom. The fourth-order valence-electron chi connectivity index (χ4n) is 2.40. The number of likely N-dealkylation sites (tertiary alicyclic amines) is 1. The quantitative estimate of drug-likeness (QED) is 0.641. The molecule has 0 radical (unpaired) electrons. The van der Waals surface area contributed by atoms with Gasteiger partial charge in [0.05, 0.1) is 11.4 Å². The second kappa shape index (κ2) is 7.19. The zero-order chi connectivity index (χ0) is 12.8. The lowest BCUT2D eigenvalue weighted by molar-refractivity contribution is 0.296. The Hall–Kier alpha value is -0.490. The van der Waals surface area contributed by atoms with Crippen molar-refractivity contribution in [1.82, 2.24) is 4.90 Å². The Morgan fingerprint density at radius 2 is 1.89 bits per heavy atom. The van der Waals surface area contributed by atoms with Gasteiger partial charge in [-0.3, -0.25) is 0 Å². The third kappa shape index (κ3) is 4.31. The molecule has 0 unspecified atom stereocenters. The van der Waals surface area contributed by atoms with E-state index in [1.54, 1.807) is 0 Å². The average molecular weight is 359 g/mol. The summed E-state index contributed by atoms with van der Waals surface area (Å²) in [6.07, 6.45) is 5.50. The minimum atomic E-state index is 0.845. The van der Waals surface area contributed by atoms with Gasteiger partial charge in [0.15, 0.2) is 0 Å². The van der Waals surface area contributed by atoms with Gasteiger partial charge in [0.25, 0.3) is 0 Å². The standard InChI is InChI=1S/C14H22IN3/c15-12-5-6-14(13(16)11-12)17-7-10-18-8-3-1-2-4-9-18/h5-6,11,17H,1-4,7-10,16H2. The van der Waals surface area contributed by atoms with Crippen molar-refractivity contribution in [2.24, 2.45) is 0 Å². The molecule has 0 spiro atoms. The van der Waals surface area contributed by atoms with Crippen LogP contribution in [-0.4, -0.2) is 31.1 Å². The normalized spacial score (nSPS) is 17.4. The number of benzene rings is 1. The number of rotatable bonds is 4. The highest BCUT2D eigenvalue weighted by atomic mass is 127. The van der Waals surface area contributed by atoms with Crippen LogP contribution in [0.15, 0.2) is 18.2 Å². The van der Waals surface area contributed by atoms with E-state index in [1.165, 1.54) is 42.3 Å². The minimum Gasteiger partial charge on any atom is -0.397 e.